The first-order chi connectivity index (χ1) is 13.5. The van der Waals surface area contributed by atoms with Gasteiger partial charge in [0.2, 0.25) is 17.7 Å². The Morgan fingerprint density at radius 3 is 2.89 bits per heavy atom. The summed E-state index contributed by atoms with van der Waals surface area (Å²) in [5.74, 6) is 1.18. The molecular weight excluding hydrogens is 356 g/mol. The highest BCUT2D eigenvalue weighted by atomic mass is 16.5. The first kappa shape index (κ1) is 19.8. The van der Waals surface area contributed by atoms with Crippen molar-refractivity contribution >= 4 is 17.5 Å². The lowest BCUT2D eigenvalue weighted by Gasteiger charge is -2.28. The molecule has 0 bridgehead atoms. The van der Waals surface area contributed by atoms with Gasteiger partial charge in [0.15, 0.2) is 0 Å². The predicted molar refractivity (Wildman–Crippen MR) is 107 cm³/mol. The second kappa shape index (κ2) is 9.32. The predicted octanol–water partition coefficient (Wildman–Crippen LogP) is 2.94. The monoisotopic (exact) mass is 382 g/mol. The van der Waals surface area contributed by atoms with Crippen molar-refractivity contribution in [3.8, 4) is 11.6 Å². The molecule has 2 amide bonds. The van der Waals surface area contributed by atoms with Gasteiger partial charge in [0.25, 0.3) is 0 Å². The number of ether oxygens (including phenoxy) is 1. The standard InChI is InChI=1S/C21H26N4O3/c1-14(16-5-3-9-23-12-16)10-19(26)25-17-7-8-20(24-13-17)28-18-6-2-4-15(11-18)21(22)27/h2,4,6-8,11,13-14,16,23H,3,5,9-10,12H2,1H3,(H2,22,27)(H,25,26). The number of nitrogens with two attached hydrogens (primary N) is 1. The summed E-state index contributed by atoms with van der Waals surface area (Å²) in [5.41, 5.74) is 6.26. The van der Waals surface area contributed by atoms with E-state index in [0.29, 0.717) is 41.1 Å². The van der Waals surface area contributed by atoms with Gasteiger partial charge < -0.3 is 21.1 Å². The Balaban J connectivity index is 1.53. The number of carbonyl (C=O) groups excluding carboxylic acids is 2. The Bertz CT molecular complexity index is 817. The van der Waals surface area contributed by atoms with Gasteiger partial charge in [-0.2, -0.15) is 0 Å². The summed E-state index contributed by atoms with van der Waals surface area (Å²) in [6, 6.07) is 9.98. The molecule has 7 nitrogen and oxygen atoms in total. The largest absolute Gasteiger partial charge is 0.439 e. The topological polar surface area (TPSA) is 106 Å². The van der Waals surface area contributed by atoms with Crippen molar-refractivity contribution in [3.63, 3.8) is 0 Å². The van der Waals surface area contributed by atoms with Gasteiger partial charge in [-0.05, 0) is 62.0 Å². The molecule has 1 aliphatic heterocycles. The van der Waals surface area contributed by atoms with Crippen LogP contribution in [0.4, 0.5) is 5.69 Å². The molecule has 2 unspecified atom stereocenters. The van der Waals surface area contributed by atoms with Crippen LogP contribution in [-0.2, 0) is 4.79 Å². The van der Waals surface area contributed by atoms with E-state index in [2.05, 4.69) is 22.5 Å². The van der Waals surface area contributed by atoms with Gasteiger partial charge in [0.05, 0.1) is 11.9 Å². The number of nitrogens with zero attached hydrogens (tertiary/aromatic N) is 1. The third kappa shape index (κ3) is 5.53. The molecule has 148 valence electrons. The molecule has 3 rings (SSSR count). The summed E-state index contributed by atoms with van der Waals surface area (Å²) in [6.07, 6.45) is 4.39. The molecule has 1 fully saturated rings. The van der Waals surface area contributed by atoms with Gasteiger partial charge in [0, 0.05) is 18.1 Å². The Morgan fingerprint density at radius 1 is 1.36 bits per heavy atom. The fourth-order valence-corrected chi connectivity index (χ4v) is 3.38. The van der Waals surface area contributed by atoms with Gasteiger partial charge in [-0.15, -0.1) is 0 Å². The summed E-state index contributed by atoms with van der Waals surface area (Å²) < 4.78 is 5.63. The molecule has 2 atom stereocenters. The SMILES string of the molecule is CC(CC(=O)Nc1ccc(Oc2cccc(C(N)=O)c2)nc1)C1CCCNC1. The number of piperidine rings is 1. The van der Waals surface area contributed by atoms with E-state index in [-0.39, 0.29) is 5.91 Å². The van der Waals surface area contributed by atoms with E-state index >= 15 is 0 Å². The molecule has 28 heavy (non-hydrogen) atoms. The van der Waals surface area contributed by atoms with Crippen molar-refractivity contribution in [1.82, 2.24) is 10.3 Å². The van der Waals surface area contributed by atoms with Gasteiger partial charge in [-0.25, -0.2) is 4.98 Å². The molecule has 0 aliphatic carbocycles. The molecule has 2 aromatic rings. The smallest absolute Gasteiger partial charge is 0.248 e. The Kier molecular flexibility index (Phi) is 6.60. The molecule has 0 spiro atoms. The van der Waals surface area contributed by atoms with Crippen molar-refractivity contribution in [2.75, 3.05) is 18.4 Å². The highest BCUT2D eigenvalue weighted by Crippen LogP contribution is 2.24. The molecule has 1 saturated heterocycles. The average molecular weight is 382 g/mol. The normalized spacial score (nSPS) is 17.5. The molecule has 7 heteroatoms. The minimum Gasteiger partial charge on any atom is -0.439 e. The lowest BCUT2D eigenvalue weighted by atomic mass is 9.85. The summed E-state index contributed by atoms with van der Waals surface area (Å²) in [4.78, 5) is 27.8. The van der Waals surface area contributed by atoms with Crippen LogP contribution >= 0.6 is 0 Å². The van der Waals surface area contributed by atoms with Crippen LogP contribution in [0.2, 0.25) is 0 Å². The zero-order valence-electron chi connectivity index (χ0n) is 16.0. The fourth-order valence-electron chi connectivity index (χ4n) is 3.38. The molecule has 0 radical (unpaired) electrons. The van der Waals surface area contributed by atoms with Gasteiger partial charge in [-0.3, -0.25) is 9.59 Å². The number of amides is 2. The number of pyridine rings is 1. The quantitative estimate of drug-likeness (QED) is 0.683. The van der Waals surface area contributed by atoms with E-state index in [1.807, 2.05) is 0 Å². The highest BCUT2D eigenvalue weighted by Gasteiger charge is 2.22. The molecular formula is C21H26N4O3. The van der Waals surface area contributed by atoms with Crippen molar-refractivity contribution in [2.24, 2.45) is 17.6 Å². The number of rotatable bonds is 7. The van der Waals surface area contributed by atoms with Crippen LogP contribution in [0.3, 0.4) is 0 Å². The third-order valence-corrected chi connectivity index (χ3v) is 5.01. The van der Waals surface area contributed by atoms with Crippen molar-refractivity contribution in [3.05, 3.63) is 48.2 Å². The number of primary amides is 1. The second-order valence-electron chi connectivity index (χ2n) is 7.22. The van der Waals surface area contributed by atoms with E-state index in [0.717, 1.165) is 13.1 Å². The van der Waals surface area contributed by atoms with E-state index in [1.54, 1.807) is 42.6 Å². The Labute approximate surface area is 164 Å². The molecule has 2 heterocycles. The summed E-state index contributed by atoms with van der Waals surface area (Å²) in [7, 11) is 0. The van der Waals surface area contributed by atoms with E-state index in [1.165, 1.54) is 12.8 Å². The lowest BCUT2D eigenvalue weighted by Crippen LogP contribution is -2.34. The van der Waals surface area contributed by atoms with Crippen molar-refractivity contribution in [1.29, 1.82) is 0 Å². The maximum absolute atomic E-state index is 12.3. The molecule has 1 aliphatic rings. The summed E-state index contributed by atoms with van der Waals surface area (Å²) in [6.45, 7) is 4.19. The minimum atomic E-state index is -0.519. The van der Waals surface area contributed by atoms with Crippen LogP contribution in [-0.4, -0.2) is 29.9 Å². The number of hydrogen-bond acceptors (Lipinski definition) is 5. The zero-order chi connectivity index (χ0) is 19.9. The number of aromatic nitrogens is 1. The van der Waals surface area contributed by atoms with E-state index < -0.39 is 5.91 Å². The first-order valence-electron chi connectivity index (χ1n) is 9.55. The van der Waals surface area contributed by atoms with Crippen LogP contribution in [0, 0.1) is 11.8 Å². The summed E-state index contributed by atoms with van der Waals surface area (Å²) in [5, 5.41) is 6.28. The fraction of sp³-hybridized carbons (Fsp3) is 0.381. The van der Waals surface area contributed by atoms with Gasteiger partial charge in [0.1, 0.15) is 5.75 Å². The van der Waals surface area contributed by atoms with Crippen LogP contribution in [0.5, 0.6) is 11.6 Å². The van der Waals surface area contributed by atoms with Crippen LogP contribution in [0.25, 0.3) is 0 Å². The maximum Gasteiger partial charge on any atom is 0.248 e. The first-order valence-corrected chi connectivity index (χ1v) is 9.55. The number of hydrogen-bond donors (Lipinski definition) is 3. The lowest BCUT2D eigenvalue weighted by molar-refractivity contribution is -0.117. The summed E-state index contributed by atoms with van der Waals surface area (Å²) >= 11 is 0. The number of anilines is 1. The average Bonchev–Trinajstić information content (AvgIpc) is 2.70. The second-order valence-corrected chi connectivity index (χ2v) is 7.22. The molecule has 4 N–H and O–H groups in total. The van der Waals surface area contributed by atoms with Gasteiger partial charge in [-0.1, -0.05) is 13.0 Å². The highest BCUT2D eigenvalue weighted by molar-refractivity contribution is 5.93. The molecule has 0 saturated carbocycles. The van der Waals surface area contributed by atoms with Crippen molar-refractivity contribution in [2.45, 2.75) is 26.2 Å². The maximum atomic E-state index is 12.3. The van der Waals surface area contributed by atoms with Gasteiger partial charge >= 0.3 is 0 Å². The number of benzene rings is 1. The third-order valence-electron chi connectivity index (χ3n) is 5.01. The number of carbonyl (C=O) groups is 2. The van der Waals surface area contributed by atoms with Crippen LogP contribution in [0.15, 0.2) is 42.6 Å². The van der Waals surface area contributed by atoms with E-state index in [9.17, 15) is 9.59 Å². The molecule has 1 aromatic heterocycles. The molecule has 1 aromatic carbocycles. The zero-order valence-corrected chi connectivity index (χ0v) is 16.0. The van der Waals surface area contributed by atoms with Crippen LogP contribution < -0.4 is 21.1 Å². The minimum absolute atomic E-state index is 0.0114. The Hall–Kier alpha value is -2.93. The van der Waals surface area contributed by atoms with Crippen LogP contribution in [0.1, 0.15) is 36.5 Å². The number of nitrogens with one attached hydrogen (secondary N) is 2. The van der Waals surface area contributed by atoms with E-state index in [4.69, 9.17) is 10.5 Å². The Morgan fingerprint density at radius 2 is 2.21 bits per heavy atom. The van der Waals surface area contributed by atoms with Crippen molar-refractivity contribution < 1.29 is 14.3 Å².